The van der Waals surface area contributed by atoms with Gasteiger partial charge in [0.15, 0.2) is 0 Å². The number of carbonyl (C=O) groups is 1. The largest absolute Gasteiger partial charge is 0.490 e. The summed E-state index contributed by atoms with van der Waals surface area (Å²) in [5.41, 5.74) is 3.72. The van der Waals surface area contributed by atoms with Crippen LogP contribution in [0.4, 0.5) is 11.5 Å². The van der Waals surface area contributed by atoms with Crippen molar-refractivity contribution in [1.82, 2.24) is 9.88 Å². The number of carbonyl (C=O) groups excluding carboxylic acids is 1. The zero-order valence-electron chi connectivity index (χ0n) is 19.8. The van der Waals surface area contributed by atoms with Crippen LogP contribution in [0, 0.1) is 6.92 Å². The molecule has 1 fully saturated rings. The number of benzene rings is 2. The summed E-state index contributed by atoms with van der Waals surface area (Å²) < 4.78 is 5.82. The average Bonchev–Trinajstić information content (AvgIpc) is 2.79. The molecule has 1 amide bonds. The molecule has 0 spiro atoms. The Hall–Kier alpha value is -3.38. The summed E-state index contributed by atoms with van der Waals surface area (Å²) in [7, 11) is 2.15. The minimum Gasteiger partial charge on any atom is -0.490 e. The number of nitrogens with zero attached hydrogens (tertiary/aromatic N) is 3. The molecule has 0 saturated carbocycles. The number of rotatable bonds is 6. The van der Waals surface area contributed by atoms with E-state index < -0.39 is 0 Å². The van der Waals surface area contributed by atoms with Gasteiger partial charge in [0.1, 0.15) is 11.6 Å². The SMILES string of the molecule is Cc1cc(N2CCN(C)CC2)nc2ccc(NC(=O)/C=C/c3ccccc3OC(C)C)cc12. The van der Waals surface area contributed by atoms with Crippen molar-refractivity contribution in [3.63, 3.8) is 0 Å². The predicted molar refractivity (Wildman–Crippen MR) is 136 cm³/mol. The van der Waals surface area contributed by atoms with Crippen LogP contribution in [-0.2, 0) is 4.79 Å². The van der Waals surface area contributed by atoms with Crippen LogP contribution in [0.25, 0.3) is 17.0 Å². The van der Waals surface area contributed by atoms with Crippen molar-refractivity contribution in [2.24, 2.45) is 0 Å². The van der Waals surface area contributed by atoms with Crippen molar-refractivity contribution in [1.29, 1.82) is 0 Å². The molecule has 6 heteroatoms. The van der Waals surface area contributed by atoms with E-state index in [1.807, 2.05) is 56.3 Å². The Morgan fingerprint density at radius 1 is 1.09 bits per heavy atom. The molecule has 0 unspecified atom stereocenters. The lowest BCUT2D eigenvalue weighted by Crippen LogP contribution is -2.44. The third-order valence-corrected chi connectivity index (χ3v) is 5.79. The number of para-hydroxylation sites is 1. The van der Waals surface area contributed by atoms with Gasteiger partial charge in [-0.25, -0.2) is 4.98 Å². The van der Waals surface area contributed by atoms with Crippen molar-refractivity contribution >= 4 is 34.4 Å². The number of amides is 1. The van der Waals surface area contributed by atoms with Gasteiger partial charge in [-0.1, -0.05) is 18.2 Å². The summed E-state index contributed by atoms with van der Waals surface area (Å²) in [6.07, 6.45) is 3.39. The highest BCUT2D eigenvalue weighted by atomic mass is 16.5. The summed E-state index contributed by atoms with van der Waals surface area (Å²) in [6, 6.07) is 15.7. The van der Waals surface area contributed by atoms with Crippen LogP contribution in [0.1, 0.15) is 25.0 Å². The second-order valence-corrected chi connectivity index (χ2v) is 8.85. The Labute approximate surface area is 195 Å². The normalized spacial score (nSPS) is 14.9. The molecule has 0 aliphatic carbocycles. The van der Waals surface area contributed by atoms with Gasteiger partial charge in [0.05, 0.1) is 11.6 Å². The molecule has 2 heterocycles. The number of ether oxygens (including phenoxy) is 1. The summed E-state index contributed by atoms with van der Waals surface area (Å²) in [4.78, 5) is 22.1. The molecule has 1 aromatic heterocycles. The minimum atomic E-state index is -0.187. The van der Waals surface area contributed by atoms with Gasteiger partial charge in [0.2, 0.25) is 5.91 Å². The van der Waals surface area contributed by atoms with Gasteiger partial charge < -0.3 is 19.9 Å². The molecule has 2 aromatic carbocycles. The van der Waals surface area contributed by atoms with Crippen molar-refractivity contribution in [3.8, 4) is 5.75 Å². The quantitative estimate of drug-likeness (QED) is 0.557. The van der Waals surface area contributed by atoms with Crippen molar-refractivity contribution in [3.05, 3.63) is 65.7 Å². The molecule has 172 valence electrons. The third-order valence-electron chi connectivity index (χ3n) is 5.79. The van der Waals surface area contributed by atoms with Gasteiger partial charge in [-0.05, 0) is 69.8 Å². The van der Waals surface area contributed by atoms with Gasteiger partial charge in [-0.2, -0.15) is 0 Å². The van der Waals surface area contributed by atoms with Crippen LogP contribution in [-0.4, -0.2) is 55.1 Å². The maximum atomic E-state index is 12.6. The average molecular weight is 445 g/mol. The fourth-order valence-electron chi connectivity index (χ4n) is 3.98. The molecule has 33 heavy (non-hydrogen) atoms. The van der Waals surface area contributed by atoms with E-state index in [2.05, 4.69) is 35.2 Å². The zero-order chi connectivity index (χ0) is 23.4. The van der Waals surface area contributed by atoms with Gasteiger partial charge >= 0.3 is 0 Å². The second-order valence-electron chi connectivity index (χ2n) is 8.85. The molecule has 4 rings (SSSR count). The highest BCUT2D eigenvalue weighted by Crippen LogP contribution is 2.26. The first-order chi connectivity index (χ1) is 15.9. The molecule has 1 aliphatic rings. The van der Waals surface area contributed by atoms with E-state index in [4.69, 9.17) is 9.72 Å². The van der Waals surface area contributed by atoms with Crippen LogP contribution >= 0.6 is 0 Å². The highest BCUT2D eigenvalue weighted by molar-refractivity contribution is 6.03. The van der Waals surface area contributed by atoms with Crippen LogP contribution in [0.15, 0.2) is 54.6 Å². The maximum Gasteiger partial charge on any atom is 0.248 e. The topological polar surface area (TPSA) is 57.7 Å². The summed E-state index contributed by atoms with van der Waals surface area (Å²) >= 11 is 0. The number of likely N-dealkylation sites (N-methyl/N-ethyl adjacent to an activating group) is 1. The Bertz CT molecular complexity index is 1160. The summed E-state index contributed by atoms with van der Waals surface area (Å²) in [5, 5.41) is 4.01. The van der Waals surface area contributed by atoms with E-state index in [1.54, 1.807) is 6.08 Å². The number of pyridine rings is 1. The number of nitrogens with one attached hydrogen (secondary N) is 1. The fourth-order valence-corrected chi connectivity index (χ4v) is 3.98. The lowest BCUT2D eigenvalue weighted by atomic mass is 10.1. The first-order valence-corrected chi connectivity index (χ1v) is 11.5. The number of hydrogen-bond acceptors (Lipinski definition) is 5. The smallest absolute Gasteiger partial charge is 0.248 e. The molecule has 0 radical (unpaired) electrons. The molecule has 1 saturated heterocycles. The first-order valence-electron chi connectivity index (χ1n) is 11.5. The van der Waals surface area contributed by atoms with Gasteiger partial charge in [-0.3, -0.25) is 4.79 Å². The molecular weight excluding hydrogens is 412 g/mol. The number of piperazine rings is 1. The van der Waals surface area contributed by atoms with Crippen molar-refractivity contribution in [2.75, 3.05) is 43.4 Å². The van der Waals surface area contributed by atoms with Gasteiger partial charge in [0.25, 0.3) is 0 Å². The molecule has 1 N–H and O–H groups in total. The van der Waals surface area contributed by atoms with Crippen LogP contribution in [0.5, 0.6) is 5.75 Å². The minimum absolute atomic E-state index is 0.0691. The van der Waals surface area contributed by atoms with E-state index in [9.17, 15) is 4.79 Å². The van der Waals surface area contributed by atoms with E-state index in [1.165, 1.54) is 6.08 Å². The van der Waals surface area contributed by atoms with E-state index in [0.29, 0.717) is 0 Å². The van der Waals surface area contributed by atoms with Gasteiger partial charge in [-0.15, -0.1) is 0 Å². The van der Waals surface area contributed by atoms with Crippen molar-refractivity contribution < 1.29 is 9.53 Å². The molecule has 0 atom stereocenters. The Morgan fingerprint density at radius 3 is 2.61 bits per heavy atom. The molecule has 3 aromatic rings. The summed E-state index contributed by atoms with van der Waals surface area (Å²) in [6.45, 7) is 10.1. The fraction of sp³-hybridized carbons (Fsp3) is 0.333. The lowest BCUT2D eigenvalue weighted by molar-refractivity contribution is -0.111. The Morgan fingerprint density at radius 2 is 1.85 bits per heavy atom. The highest BCUT2D eigenvalue weighted by Gasteiger charge is 2.16. The standard InChI is InChI=1S/C27H32N4O2/c1-19(2)33-25-8-6-5-7-21(25)9-12-27(32)28-22-10-11-24-23(18-22)20(3)17-26(29-24)31-15-13-30(4)14-16-31/h5-12,17-19H,13-16H2,1-4H3,(H,28,32)/b12-9+. The summed E-state index contributed by atoms with van der Waals surface area (Å²) in [5.74, 6) is 1.60. The van der Waals surface area contributed by atoms with Crippen LogP contribution < -0.4 is 15.0 Å². The Balaban J connectivity index is 1.48. The van der Waals surface area contributed by atoms with Gasteiger partial charge in [0, 0.05) is 48.9 Å². The van der Waals surface area contributed by atoms with E-state index in [0.717, 1.165) is 65.5 Å². The molecule has 0 bridgehead atoms. The molecular formula is C27H32N4O2. The van der Waals surface area contributed by atoms with Crippen LogP contribution in [0.2, 0.25) is 0 Å². The van der Waals surface area contributed by atoms with Crippen LogP contribution in [0.3, 0.4) is 0 Å². The predicted octanol–water partition coefficient (Wildman–Crippen LogP) is 4.73. The van der Waals surface area contributed by atoms with E-state index in [-0.39, 0.29) is 12.0 Å². The maximum absolute atomic E-state index is 12.6. The zero-order valence-corrected chi connectivity index (χ0v) is 19.8. The number of aryl methyl sites for hydroxylation is 1. The Kier molecular flexibility index (Phi) is 6.94. The second kappa shape index (κ2) is 10.0. The number of aromatic nitrogens is 1. The lowest BCUT2D eigenvalue weighted by Gasteiger charge is -2.33. The monoisotopic (exact) mass is 444 g/mol. The van der Waals surface area contributed by atoms with E-state index >= 15 is 0 Å². The number of fused-ring (bicyclic) bond motifs is 1. The first kappa shape index (κ1) is 22.8. The van der Waals surface area contributed by atoms with Crippen molar-refractivity contribution in [2.45, 2.75) is 26.9 Å². The molecule has 6 nitrogen and oxygen atoms in total. The molecule has 1 aliphatic heterocycles. The number of anilines is 2. The third kappa shape index (κ3) is 5.71. The number of hydrogen-bond donors (Lipinski definition) is 1.